The number of hydrogen-bond donors (Lipinski definition) is 1. The van der Waals surface area contributed by atoms with Crippen molar-refractivity contribution in [1.82, 2.24) is 19.7 Å². The zero-order chi connectivity index (χ0) is 31.2. The fourth-order valence-electron chi connectivity index (χ4n) is 7.08. The lowest BCUT2D eigenvalue weighted by Gasteiger charge is -2.37. The van der Waals surface area contributed by atoms with E-state index in [-0.39, 0.29) is 53.6 Å². The van der Waals surface area contributed by atoms with Gasteiger partial charge in [0.2, 0.25) is 0 Å². The van der Waals surface area contributed by atoms with Crippen LogP contribution in [0.1, 0.15) is 98.5 Å². The molecule has 0 radical (unpaired) electrons. The Morgan fingerprint density at radius 3 is 2.28 bits per heavy atom. The first-order valence-electron chi connectivity index (χ1n) is 14.5. The molecule has 1 aliphatic carbocycles. The van der Waals surface area contributed by atoms with Gasteiger partial charge in [-0.3, -0.25) is 19.3 Å². The number of ether oxygens (including phenoxy) is 2. The second-order valence-corrected chi connectivity index (χ2v) is 12.7. The first-order valence-corrected chi connectivity index (χ1v) is 15.3. The summed E-state index contributed by atoms with van der Waals surface area (Å²) in [5.41, 5.74) is -3.10. The topological polar surface area (TPSA) is 107 Å². The predicted molar refractivity (Wildman–Crippen MR) is 151 cm³/mol. The summed E-state index contributed by atoms with van der Waals surface area (Å²) in [4.78, 5) is 31.6. The molecule has 9 nitrogen and oxygen atoms in total. The number of alkyl halides is 3. The van der Waals surface area contributed by atoms with Gasteiger partial charge in [0.1, 0.15) is 0 Å². The maximum atomic E-state index is 14.7. The van der Waals surface area contributed by atoms with E-state index < -0.39 is 46.5 Å². The number of carbonyl (C=O) groups is 2. The summed E-state index contributed by atoms with van der Waals surface area (Å²) in [6.07, 6.45) is 1.91. The van der Waals surface area contributed by atoms with Crippen molar-refractivity contribution in [2.45, 2.75) is 94.7 Å². The van der Waals surface area contributed by atoms with Gasteiger partial charge in [-0.15, -0.1) is 0 Å². The monoisotopic (exact) mass is 646 g/mol. The van der Waals surface area contributed by atoms with Gasteiger partial charge in [0.15, 0.2) is 5.69 Å². The van der Waals surface area contributed by atoms with Gasteiger partial charge in [-0.2, -0.15) is 18.3 Å². The Morgan fingerprint density at radius 2 is 1.77 bits per heavy atom. The van der Waals surface area contributed by atoms with E-state index in [0.717, 1.165) is 23.7 Å². The van der Waals surface area contributed by atoms with Crippen LogP contribution in [0.5, 0.6) is 0 Å². The van der Waals surface area contributed by atoms with Gasteiger partial charge < -0.3 is 19.5 Å². The third-order valence-electron chi connectivity index (χ3n) is 9.49. The van der Waals surface area contributed by atoms with Crippen LogP contribution in [0.3, 0.4) is 0 Å². The van der Waals surface area contributed by atoms with E-state index in [1.807, 2.05) is 6.92 Å². The number of methoxy groups -OCH3 is 1. The second-order valence-electron chi connectivity index (χ2n) is 11.9. The lowest BCUT2D eigenvalue weighted by Crippen LogP contribution is -2.46. The smallest absolute Gasteiger partial charge is 0.433 e. The molecule has 2 bridgehead atoms. The van der Waals surface area contributed by atoms with Crippen LogP contribution in [-0.4, -0.2) is 68.6 Å². The first-order chi connectivity index (χ1) is 20.3. The Balaban J connectivity index is 1.47. The number of halogens is 5. The summed E-state index contributed by atoms with van der Waals surface area (Å²) in [7, 11) is 1.31. The number of nitrogens with zero attached hydrogens (tertiary/aromatic N) is 4. The van der Waals surface area contributed by atoms with Crippen molar-refractivity contribution in [3.63, 3.8) is 0 Å². The number of aliphatic hydroxyl groups is 1. The molecule has 0 aromatic carbocycles. The van der Waals surface area contributed by atoms with E-state index in [1.165, 1.54) is 24.4 Å². The Kier molecular flexibility index (Phi) is 9.06. The molecule has 3 aliphatic rings. The van der Waals surface area contributed by atoms with Crippen LogP contribution in [0.15, 0.2) is 18.6 Å². The SMILES string of the molecule is CCC1(C(=O)OC)CCC(n2ncc(C(=O)N(CC(O)c3c(Cl)cncc3Cl)CC34CCC(CC3)O4)c2C(F)(F)F)CC1. The molecule has 2 aliphatic heterocycles. The van der Waals surface area contributed by atoms with Gasteiger partial charge in [-0.05, 0) is 57.8 Å². The van der Waals surface area contributed by atoms with E-state index >= 15 is 0 Å². The molecule has 2 saturated heterocycles. The van der Waals surface area contributed by atoms with Crippen molar-refractivity contribution >= 4 is 35.1 Å². The summed E-state index contributed by atoms with van der Waals surface area (Å²) in [6.45, 7) is 1.48. The quantitative estimate of drug-likeness (QED) is 0.324. The molecule has 2 aromatic rings. The van der Waals surface area contributed by atoms with Crippen LogP contribution in [-0.2, 0) is 20.4 Å². The maximum Gasteiger partial charge on any atom is 0.433 e. The van der Waals surface area contributed by atoms with Gasteiger partial charge in [0.05, 0.1) is 71.3 Å². The van der Waals surface area contributed by atoms with Gasteiger partial charge in [0.25, 0.3) is 5.91 Å². The van der Waals surface area contributed by atoms with Gasteiger partial charge in [0, 0.05) is 18.0 Å². The minimum atomic E-state index is -4.90. The predicted octanol–water partition coefficient (Wildman–Crippen LogP) is 6.18. The van der Waals surface area contributed by atoms with E-state index in [9.17, 15) is 27.9 Å². The molecule has 1 unspecified atom stereocenters. The minimum Gasteiger partial charge on any atom is -0.469 e. The highest BCUT2D eigenvalue weighted by Crippen LogP contribution is 2.47. The minimum absolute atomic E-state index is 0.0101. The van der Waals surface area contributed by atoms with Crippen LogP contribution in [0, 0.1) is 5.41 Å². The number of hydrogen-bond acceptors (Lipinski definition) is 7. The van der Waals surface area contributed by atoms with E-state index in [0.29, 0.717) is 32.1 Å². The molecule has 2 aromatic heterocycles. The van der Waals surface area contributed by atoms with Crippen molar-refractivity contribution in [1.29, 1.82) is 0 Å². The Bertz CT molecular complexity index is 1330. The Hall–Kier alpha value is -2.41. The summed E-state index contributed by atoms with van der Waals surface area (Å²) in [6, 6.07) is -0.664. The second kappa shape index (κ2) is 12.2. The molecule has 5 rings (SSSR count). The molecule has 1 atom stereocenters. The lowest BCUT2D eigenvalue weighted by molar-refractivity contribution is -0.157. The van der Waals surface area contributed by atoms with Crippen molar-refractivity contribution < 1.29 is 37.3 Å². The molecule has 14 heteroatoms. The summed E-state index contributed by atoms with van der Waals surface area (Å²) >= 11 is 12.5. The third kappa shape index (κ3) is 6.12. The molecule has 4 heterocycles. The number of aromatic nitrogens is 3. The van der Waals surface area contributed by atoms with Crippen molar-refractivity contribution in [3.8, 4) is 0 Å². The van der Waals surface area contributed by atoms with Crippen LogP contribution in [0.25, 0.3) is 0 Å². The molecule has 236 valence electrons. The summed E-state index contributed by atoms with van der Waals surface area (Å²) in [5, 5.41) is 15.4. The number of esters is 1. The summed E-state index contributed by atoms with van der Waals surface area (Å²) in [5.74, 6) is -1.30. The van der Waals surface area contributed by atoms with Crippen molar-refractivity contribution in [3.05, 3.63) is 45.5 Å². The molecule has 3 fully saturated rings. The van der Waals surface area contributed by atoms with Gasteiger partial charge in [-0.1, -0.05) is 30.1 Å². The van der Waals surface area contributed by atoms with Gasteiger partial charge >= 0.3 is 12.1 Å². The van der Waals surface area contributed by atoms with E-state index in [4.69, 9.17) is 32.7 Å². The number of carbonyl (C=O) groups excluding carboxylic acids is 2. The standard InChI is InChI=1S/C29H35Cl2F3N4O5/c1-3-27(26(41)42-2)8-4-17(5-9-27)38-24(29(32,33)34)19(12-36-38)25(40)37(16-28-10-6-18(43-28)7-11-28)15-22(39)23-20(30)13-35-14-21(23)31/h12-14,17-18,22,39H,3-11,15-16H2,1-2H3. The highest BCUT2D eigenvalue weighted by molar-refractivity contribution is 6.35. The number of pyridine rings is 1. The van der Waals surface area contributed by atoms with Gasteiger partial charge in [-0.25, -0.2) is 0 Å². The molecule has 43 heavy (non-hydrogen) atoms. The fraction of sp³-hybridized carbons (Fsp3) is 0.655. The average Bonchev–Trinajstić information content (AvgIpc) is 3.71. The Labute approximate surface area is 257 Å². The largest absolute Gasteiger partial charge is 0.469 e. The lowest BCUT2D eigenvalue weighted by atomic mass is 9.70. The van der Waals surface area contributed by atoms with Crippen LogP contribution in [0.4, 0.5) is 13.2 Å². The number of rotatable bonds is 9. The molecule has 1 saturated carbocycles. The van der Waals surface area contributed by atoms with E-state index in [2.05, 4.69) is 10.1 Å². The molecule has 0 spiro atoms. The molecule has 1 N–H and O–H groups in total. The maximum absolute atomic E-state index is 14.7. The van der Waals surface area contributed by atoms with Crippen molar-refractivity contribution in [2.24, 2.45) is 5.41 Å². The molecular weight excluding hydrogens is 612 g/mol. The Morgan fingerprint density at radius 1 is 1.14 bits per heavy atom. The first kappa shape index (κ1) is 32.0. The average molecular weight is 648 g/mol. The normalized spacial score (nSPS) is 27.7. The van der Waals surface area contributed by atoms with E-state index in [1.54, 1.807) is 0 Å². The summed E-state index contributed by atoms with van der Waals surface area (Å²) < 4.78 is 56.1. The molecule has 1 amide bonds. The van der Waals surface area contributed by atoms with Crippen molar-refractivity contribution in [2.75, 3.05) is 20.2 Å². The number of aliphatic hydroxyl groups excluding tert-OH is 1. The zero-order valence-electron chi connectivity index (χ0n) is 24.0. The number of fused-ring (bicyclic) bond motifs is 2. The van der Waals surface area contributed by atoms with Crippen LogP contribution in [0.2, 0.25) is 10.0 Å². The zero-order valence-corrected chi connectivity index (χ0v) is 25.5. The highest BCUT2D eigenvalue weighted by Gasteiger charge is 2.50. The van der Waals surface area contributed by atoms with Crippen LogP contribution >= 0.6 is 23.2 Å². The highest BCUT2D eigenvalue weighted by atomic mass is 35.5. The molecular formula is C29H35Cl2F3N4O5. The number of amides is 1. The fourth-order valence-corrected chi connectivity index (χ4v) is 7.69. The van der Waals surface area contributed by atoms with Crippen LogP contribution < -0.4 is 0 Å². The third-order valence-corrected chi connectivity index (χ3v) is 10.1.